The Balaban J connectivity index is 2.99. The number of pyridine rings is 1. The molecule has 0 saturated heterocycles. The molecule has 1 aromatic heterocycles. The van der Waals surface area contributed by atoms with Crippen molar-refractivity contribution in [2.75, 3.05) is 13.1 Å². The van der Waals surface area contributed by atoms with E-state index >= 15 is 0 Å². The monoisotopic (exact) mass is 281 g/mol. The number of nitrogens with zero attached hydrogens (tertiary/aromatic N) is 2. The van der Waals surface area contributed by atoms with Gasteiger partial charge in [0.2, 0.25) is 0 Å². The van der Waals surface area contributed by atoms with Gasteiger partial charge in [-0.2, -0.15) is 18.2 Å². The zero-order valence-electron chi connectivity index (χ0n) is 10.2. The van der Waals surface area contributed by atoms with Crippen LogP contribution in [0.25, 0.3) is 0 Å². The number of hydrogen-bond acceptors (Lipinski definition) is 3. The third kappa shape index (κ3) is 4.01. The van der Waals surface area contributed by atoms with Crippen LogP contribution in [0.4, 0.5) is 13.2 Å². The molecule has 1 N–H and O–H groups in total. The molecule has 1 aromatic rings. The van der Waals surface area contributed by atoms with Gasteiger partial charge in [-0.25, -0.2) is 0 Å². The molecule has 7 heteroatoms. The smallest absolute Gasteiger partial charge is 0.283 e. The summed E-state index contributed by atoms with van der Waals surface area (Å²) < 4.78 is 38.3. The van der Waals surface area contributed by atoms with Crippen LogP contribution in [0.1, 0.15) is 15.9 Å². The number of halogens is 3. The standard InChI is InChI=1S/C13H10F3N3O/c1-3-7-19(8-4-2)18-12(20)10-9-17-6-5-11(10)13(14,15)16/h1-2,5-6,9H,7-8H2,(H,18,20). The van der Waals surface area contributed by atoms with Crippen LogP contribution in [0.15, 0.2) is 18.5 Å². The van der Waals surface area contributed by atoms with Gasteiger partial charge in [0.1, 0.15) is 0 Å². The van der Waals surface area contributed by atoms with Crippen molar-refractivity contribution < 1.29 is 18.0 Å². The maximum absolute atomic E-state index is 12.8. The minimum atomic E-state index is -4.65. The van der Waals surface area contributed by atoms with Crippen molar-refractivity contribution in [1.29, 1.82) is 0 Å². The molecule has 1 heterocycles. The fourth-order valence-electron chi connectivity index (χ4n) is 1.38. The van der Waals surface area contributed by atoms with E-state index in [0.717, 1.165) is 23.5 Å². The summed E-state index contributed by atoms with van der Waals surface area (Å²) in [5.41, 5.74) is 0.541. The fourth-order valence-corrected chi connectivity index (χ4v) is 1.38. The summed E-state index contributed by atoms with van der Waals surface area (Å²) in [6.45, 7) is -0.0604. The molecular weight excluding hydrogens is 271 g/mol. The van der Waals surface area contributed by atoms with Crippen molar-refractivity contribution >= 4 is 5.91 Å². The lowest BCUT2D eigenvalue weighted by Gasteiger charge is -2.19. The van der Waals surface area contributed by atoms with Crippen LogP contribution >= 0.6 is 0 Å². The minimum Gasteiger partial charge on any atom is -0.283 e. The van der Waals surface area contributed by atoms with Gasteiger partial charge < -0.3 is 0 Å². The molecule has 0 aliphatic rings. The number of hydrogen-bond donors (Lipinski definition) is 1. The maximum Gasteiger partial charge on any atom is 0.417 e. The molecule has 0 spiro atoms. The third-order valence-corrected chi connectivity index (χ3v) is 2.20. The highest BCUT2D eigenvalue weighted by atomic mass is 19.4. The summed E-state index contributed by atoms with van der Waals surface area (Å²) in [5, 5.41) is 1.15. The van der Waals surface area contributed by atoms with Gasteiger partial charge in [0.25, 0.3) is 5.91 Å². The molecule has 0 bridgehead atoms. The first-order chi connectivity index (χ1) is 9.40. The Labute approximate surface area is 114 Å². The lowest BCUT2D eigenvalue weighted by Crippen LogP contribution is -2.43. The van der Waals surface area contributed by atoms with E-state index < -0.39 is 23.2 Å². The molecule has 0 radical (unpaired) electrons. The quantitative estimate of drug-likeness (QED) is 0.668. The Morgan fingerprint density at radius 2 is 1.95 bits per heavy atom. The Morgan fingerprint density at radius 3 is 2.45 bits per heavy atom. The van der Waals surface area contributed by atoms with Crippen molar-refractivity contribution in [1.82, 2.24) is 15.4 Å². The van der Waals surface area contributed by atoms with Gasteiger partial charge >= 0.3 is 6.18 Å². The van der Waals surface area contributed by atoms with E-state index in [9.17, 15) is 18.0 Å². The SMILES string of the molecule is C#CCN(CC#C)NC(=O)c1cnccc1C(F)(F)F. The molecule has 4 nitrogen and oxygen atoms in total. The van der Waals surface area contributed by atoms with Crippen LogP contribution < -0.4 is 5.43 Å². The summed E-state index contributed by atoms with van der Waals surface area (Å²) >= 11 is 0. The number of alkyl halides is 3. The lowest BCUT2D eigenvalue weighted by atomic mass is 10.1. The van der Waals surface area contributed by atoms with E-state index in [1.54, 1.807) is 0 Å². The Morgan fingerprint density at radius 1 is 1.35 bits per heavy atom. The normalized spacial score (nSPS) is 10.7. The molecule has 1 amide bonds. The highest BCUT2D eigenvalue weighted by Crippen LogP contribution is 2.31. The first-order valence-electron chi connectivity index (χ1n) is 5.34. The first-order valence-corrected chi connectivity index (χ1v) is 5.34. The molecule has 104 valence electrons. The van der Waals surface area contributed by atoms with Gasteiger partial charge in [0.05, 0.1) is 24.2 Å². The summed E-state index contributed by atoms with van der Waals surface area (Å²) in [5.74, 6) is 3.49. The van der Waals surface area contributed by atoms with Crippen molar-refractivity contribution in [2.24, 2.45) is 0 Å². The number of terminal acetylenes is 2. The lowest BCUT2D eigenvalue weighted by molar-refractivity contribution is -0.138. The van der Waals surface area contributed by atoms with E-state index in [4.69, 9.17) is 12.8 Å². The van der Waals surface area contributed by atoms with Gasteiger partial charge in [-0.15, -0.1) is 12.8 Å². The molecule has 20 heavy (non-hydrogen) atoms. The average molecular weight is 281 g/mol. The highest BCUT2D eigenvalue weighted by molar-refractivity contribution is 5.95. The molecule has 0 atom stereocenters. The number of carbonyl (C=O) groups is 1. The maximum atomic E-state index is 12.8. The number of hydrazine groups is 1. The molecular formula is C13H10F3N3O. The van der Waals surface area contributed by atoms with Gasteiger partial charge in [-0.05, 0) is 6.07 Å². The molecule has 0 unspecified atom stereocenters. The van der Waals surface area contributed by atoms with E-state index in [1.807, 2.05) is 0 Å². The Bertz CT molecular complexity index is 553. The molecule has 0 aliphatic carbocycles. The number of carbonyl (C=O) groups excluding carboxylic acids is 1. The second kappa shape index (κ2) is 6.60. The highest BCUT2D eigenvalue weighted by Gasteiger charge is 2.35. The predicted molar refractivity (Wildman–Crippen MR) is 65.9 cm³/mol. The van der Waals surface area contributed by atoms with E-state index in [0.29, 0.717) is 0 Å². The van der Waals surface area contributed by atoms with Crippen LogP contribution in [0, 0.1) is 24.7 Å². The molecule has 0 fully saturated rings. The zero-order chi connectivity index (χ0) is 15.2. The number of aromatic nitrogens is 1. The van der Waals surface area contributed by atoms with Crippen molar-refractivity contribution in [3.63, 3.8) is 0 Å². The summed E-state index contributed by atoms with van der Waals surface area (Å²) in [6, 6.07) is 0.724. The molecule has 0 aliphatic heterocycles. The van der Waals surface area contributed by atoms with Crippen LogP contribution in [0.2, 0.25) is 0 Å². The second-order valence-corrected chi connectivity index (χ2v) is 3.62. The van der Waals surface area contributed by atoms with E-state index in [2.05, 4.69) is 22.3 Å². The van der Waals surface area contributed by atoms with E-state index in [1.165, 1.54) is 0 Å². The third-order valence-electron chi connectivity index (χ3n) is 2.20. The van der Waals surface area contributed by atoms with Crippen LogP contribution in [0.5, 0.6) is 0 Å². The van der Waals surface area contributed by atoms with E-state index in [-0.39, 0.29) is 13.1 Å². The Kier molecular flexibility index (Phi) is 5.13. The largest absolute Gasteiger partial charge is 0.417 e. The summed E-state index contributed by atoms with van der Waals surface area (Å²) in [6.07, 6.45) is 7.28. The second-order valence-electron chi connectivity index (χ2n) is 3.62. The Hall–Kier alpha value is -2.51. The van der Waals surface area contributed by atoms with Crippen LogP contribution in [-0.2, 0) is 6.18 Å². The summed E-state index contributed by atoms with van der Waals surface area (Å²) in [7, 11) is 0. The number of rotatable bonds is 4. The van der Waals surface area contributed by atoms with Crippen molar-refractivity contribution in [2.45, 2.75) is 6.18 Å². The minimum absolute atomic E-state index is 0.0302. The van der Waals surface area contributed by atoms with Crippen molar-refractivity contribution in [3.05, 3.63) is 29.6 Å². The van der Waals surface area contributed by atoms with Gasteiger partial charge in [0.15, 0.2) is 0 Å². The zero-order valence-corrected chi connectivity index (χ0v) is 10.2. The molecule has 0 aromatic carbocycles. The van der Waals surface area contributed by atoms with Gasteiger partial charge in [0, 0.05) is 12.4 Å². The fraction of sp³-hybridized carbons (Fsp3) is 0.231. The molecule has 1 rings (SSSR count). The molecule has 0 saturated carbocycles. The van der Waals surface area contributed by atoms with Gasteiger partial charge in [-0.1, -0.05) is 11.8 Å². The van der Waals surface area contributed by atoms with Crippen molar-refractivity contribution in [3.8, 4) is 24.7 Å². The number of nitrogens with one attached hydrogen (secondary N) is 1. The summed E-state index contributed by atoms with van der Waals surface area (Å²) in [4.78, 5) is 15.4. The topological polar surface area (TPSA) is 45.2 Å². The predicted octanol–water partition coefficient (Wildman–Crippen LogP) is 1.31. The van der Waals surface area contributed by atoms with Crippen LogP contribution in [0.3, 0.4) is 0 Å². The first kappa shape index (κ1) is 15.5. The van der Waals surface area contributed by atoms with Gasteiger partial charge in [-0.3, -0.25) is 15.2 Å². The average Bonchev–Trinajstić information content (AvgIpc) is 2.38. The number of amides is 1. The van der Waals surface area contributed by atoms with Crippen LogP contribution in [-0.4, -0.2) is 29.0 Å².